The molecular formula is C18H27N7O2. The summed E-state index contributed by atoms with van der Waals surface area (Å²) in [7, 11) is 0. The molecule has 3 aliphatic rings. The Morgan fingerprint density at radius 2 is 1.85 bits per heavy atom. The number of anilines is 2. The molecule has 2 bridgehead atoms. The number of carbonyl (C=O) groups is 2. The highest BCUT2D eigenvalue weighted by atomic mass is 16.2. The summed E-state index contributed by atoms with van der Waals surface area (Å²) in [5.41, 5.74) is 11.8. The lowest BCUT2D eigenvalue weighted by molar-refractivity contribution is 0.136. The molecule has 9 nitrogen and oxygen atoms in total. The van der Waals surface area contributed by atoms with E-state index in [1.54, 1.807) is 11.1 Å². The average Bonchev–Trinajstić information content (AvgIpc) is 3.20. The van der Waals surface area contributed by atoms with Crippen LogP contribution in [0.15, 0.2) is 18.3 Å². The first-order valence-corrected chi connectivity index (χ1v) is 9.61. The highest BCUT2D eigenvalue weighted by Crippen LogP contribution is 2.35. The number of aromatic nitrogens is 1. The zero-order valence-corrected chi connectivity index (χ0v) is 15.3. The molecule has 1 aromatic rings. The van der Waals surface area contributed by atoms with Gasteiger partial charge in [-0.25, -0.2) is 14.6 Å². The second-order valence-corrected chi connectivity index (χ2v) is 7.80. The van der Waals surface area contributed by atoms with Gasteiger partial charge in [0.25, 0.3) is 0 Å². The van der Waals surface area contributed by atoms with Crippen molar-refractivity contribution in [2.24, 2.45) is 5.73 Å². The second-order valence-electron chi connectivity index (χ2n) is 7.80. The number of likely N-dealkylation sites (tertiary alicyclic amines) is 1. The molecule has 6 N–H and O–H groups in total. The molecule has 4 rings (SSSR count). The Labute approximate surface area is 158 Å². The molecule has 0 saturated carbocycles. The Bertz CT molecular complexity index is 696. The van der Waals surface area contributed by atoms with E-state index in [9.17, 15) is 9.59 Å². The lowest BCUT2D eigenvalue weighted by Gasteiger charge is -2.38. The van der Waals surface area contributed by atoms with Crippen molar-refractivity contribution in [3.8, 4) is 0 Å². The van der Waals surface area contributed by atoms with Crippen LogP contribution in [0, 0.1) is 0 Å². The SMILES string of the molecule is NC(=O)N1C2CCC1CC(NC(=O)N1CC[C@@H](Nc3ccc(N)cn3)C1)C2. The molecule has 27 heavy (non-hydrogen) atoms. The number of pyridine rings is 1. The van der Waals surface area contributed by atoms with Gasteiger partial charge < -0.3 is 31.9 Å². The van der Waals surface area contributed by atoms with Crippen LogP contribution in [-0.2, 0) is 0 Å². The van der Waals surface area contributed by atoms with Gasteiger partial charge >= 0.3 is 12.1 Å². The molecule has 1 aromatic heterocycles. The molecule has 4 heterocycles. The molecule has 0 spiro atoms. The number of nitrogen functional groups attached to an aromatic ring is 1. The number of nitrogens with one attached hydrogen (secondary N) is 2. The molecule has 4 amide bonds. The standard InChI is InChI=1S/C18H27N7O2/c19-11-1-4-16(21-9-11)22-12-5-6-24(10-12)18(27)23-13-7-14-2-3-15(8-13)25(14)17(20)26/h1,4,9,12-15H,2-3,5-8,10,19H2,(H2,20,26)(H,21,22)(H,23,27)/t12-,13?,14?,15?/m1/s1. The fourth-order valence-electron chi connectivity index (χ4n) is 4.68. The number of hydrogen-bond acceptors (Lipinski definition) is 5. The van der Waals surface area contributed by atoms with Gasteiger partial charge in [-0.3, -0.25) is 0 Å². The van der Waals surface area contributed by atoms with E-state index in [0.717, 1.165) is 37.9 Å². The van der Waals surface area contributed by atoms with Crippen LogP contribution >= 0.6 is 0 Å². The van der Waals surface area contributed by atoms with E-state index in [1.165, 1.54) is 0 Å². The Hall–Kier alpha value is -2.71. The highest BCUT2D eigenvalue weighted by Gasteiger charge is 2.43. The van der Waals surface area contributed by atoms with E-state index in [1.807, 2.05) is 17.0 Å². The maximum Gasteiger partial charge on any atom is 0.317 e. The number of rotatable bonds is 3. The summed E-state index contributed by atoms with van der Waals surface area (Å²) in [6.45, 7) is 1.36. The lowest BCUT2D eigenvalue weighted by atomic mass is 9.98. The largest absolute Gasteiger partial charge is 0.397 e. The van der Waals surface area contributed by atoms with E-state index < -0.39 is 0 Å². The zero-order chi connectivity index (χ0) is 19.0. The van der Waals surface area contributed by atoms with E-state index in [-0.39, 0.29) is 36.2 Å². The van der Waals surface area contributed by atoms with E-state index in [4.69, 9.17) is 11.5 Å². The molecule has 0 aromatic carbocycles. The predicted octanol–water partition coefficient (Wildman–Crippen LogP) is 0.934. The Morgan fingerprint density at radius 3 is 2.48 bits per heavy atom. The third kappa shape index (κ3) is 3.72. The topological polar surface area (TPSA) is 130 Å². The molecule has 0 aliphatic carbocycles. The fourth-order valence-corrected chi connectivity index (χ4v) is 4.68. The van der Waals surface area contributed by atoms with Crippen LogP contribution in [0.5, 0.6) is 0 Å². The van der Waals surface area contributed by atoms with Crippen molar-refractivity contribution < 1.29 is 9.59 Å². The van der Waals surface area contributed by atoms with E-state index in [0.29, 0.717) is 18.8 Å². The van der Waals surface area contributed by atoms with Crippen molar-refractivity contribution in [2.75, 3.05) is 24.1 Å². The van der Waals surface area contributed by atoms with Crippen LogP contribution in [0.3, 0.4) is 0 Å². The minimum absolute atomic E-state index is 0.0264. The summed E-state index contributed by atoms with van der Waals surface area (Å²) >= 11 is 0. The Kier molecular flexibility index (Phi) is 4.67. The number of piperidine rings is 1. The number of nitrogens with zero attached hydrogens (tertiary/aromatic N) is 3. The van der Waals surface area contributed by atoms with Gasteiger partial charge in [0.1, 0.15) is 5.82 Å². The van der Waals surface area contributed by atoms with Crippen molar-refractivity contribution >= 4 is 23.6 Å². The lowest BCUT2D eigenvalue weighted by Crippen LogP contribution is -2.55. The quantitative estimate of drug-likeness (QED) is 0.626. The van der Waals surface area contributed by atoms with Crippen LogP contribution in [-0.4, -0.2) is 64.1 Å². The van der Waals surface area contributed by atoms with E-state index >= 15 is 0 Å². The first kappa shape index (κ1) is 17.7. The van der Waals surface area contributed by atoms with Crippen molar-refractivity contribution in [2.45, 2.75) is 56.3 Å². The molecular weight excluding hydrogens is 346 g/mol. The number of amides is 4. The fraction of sp³-hybridized carbons (Fsp3) is 0.611. The molecule has 0 radical (unpaired) electrons. The van der Waals surface area contributed by atoms with Crippen LogP contribution in [0.1, 0.15) is 32.1 Å². The van der Waals surface area contributed by atoms with Crippen LogP contribution in [0.2, 0.25) is 0 Å². The van der Waals surface area contributed by atoms with E-state index in [2.05, 4.69) is 15.6 Å². The number of fused-ring (bicyclic) bond motifs is 2. The van der Waals surface area contributed by atoms with Gasteiger partial charge in [0.2, 0.25) is 0 Å². The molecule has 2 unspecified atom stereocenters. The van der Waals surface area contributed by atoms with Gasteiger partial charge in [0.05, 0.1) is 11.9 Å². The van der Waals surface area contributed by atoms with Crippen molar-refractivity contribution in [3.05, 3.63) is 18.3 Å². The molecule has 3 aliphatic heterocycles. The summed E-state index contributed by atoms with van der Waals surface area (Å²) in [5, 5.41) is 6.51. The molecule has 9 heteroatoms. The summed E-state index contributed by atoms with van der Waals surface area (Å²) in [6, 6.07) is 3.91. The van der Waals surface area contributed by atoms with Gasteiger partial charge in [0.15, 0.2) is 0 Å². The van der Waals surface area contributed by atoms with Crippen molar-refractivity contribution in [1.82, 2.24) is 20.1 Å². The van der Waals surface area contributed by atoms with Crippen LogP contribution in [0.4, 0.5) is 21.1 Å². The monoisotopic (exact) mass is 373 g/mol. The van der Waals surface area contributed by atoms with Gasteiger partial charge in [-0.15, -0.1) is 0 Å². The van der Waals surface area contributed by atoms with Crippen LogP contribution < -0.4 is 22.1 Å². The normalized spacial score (nSPS) is 29.6. The van der Waals surface area contributed by atoms with Gasteiger partial charge in [0, 0.05) is 37.3 Å². The van der Waals surface area contributed by atoms with Crippen molar-refractivity contribution in [3.63, 3.8) is 0 Å². The smallest absolute Gasteiger partial charge is 0.317 e. The Morgan fingerprint density at radius 1 is 1.11 bits per heavy atom. The molecule has 3 atom stereocenters. The third-order valence-corrected chi connectivity index (χ3v) is 5.93. The van der Waals surface area contributed by atoms with Gasteiger partial charge in [-0.05, 0) is 44.2 Å². The van der Waals surface area contributed by atoms with Crippen LogP contribution in [0.25, 0.3) is 0 Å². The zero-order valence-electron chi connectivity index (χ0n) is 15.3. The number of carbonyl (C=O) groups excluding carboxylic acids is 2. The summed E-state index contributed by atoms with van der Waals surface area (Å²) < 4.78 is 0. The van der Waals surface area contributed by atoms with Gasteiger partial charge in [-0.2, -0.15) is 0 Å². The first-order valence-electron chi connectivity index (χ1n) is 9.61. The van der Waals surface area contributed by atoms with Crippen molar-refractivity contribution in [1.29, 1.82) is 0 Å². The number of urea groups is 2. The third-order valence-electron chi connectivity index (χ3n) is 5.93. The maximum absolute atomic E-state index is 12.7. The number of nitrogens with two attached hydrogens (primary N) is 2. The summed E-state index contributed by atoms with van der Waals surface area (Å²) in [6.07, 6.45) is 6.03. The minimum atomic E-state index is -0.336. The Balaban J connectivity index is 1.27. The van der Waals surface area contributed by atoms with Gasteiger partial charge in [-0.1, -0.05) is 0 Å². The summed E-state index contributed by atoms with van der Waals surface area (Å²) in [4.78, 5) is 32.1. The molecule has 3 saturated heterocycles. The number of primary amides is 1. The average molecular weight is 373 g/mol. The second kappa shape index (κ2) is 7.13. The first-order chi connectivity index (χ1) is 13.0. The predicted molar refractivity (Wildman–Crippen MR) is 102 cm³/mol. The summed E-state index contributed by atoms with van der Waals surface area (Å²) in [5.74, 6) is 0.770. The molecule has 146 valence electrons. The molecule has 3 fully saturated rings. The highest BCUT2D eigenvalue weighted by molar-refractivity contribution is 5.75. The maximum atomic E-state index is 12.7. The number of hydrogen-bond donors (Lipinski definition) is 4. The minimum Gasteiger partial charge on any atom is -0.397 e.